The third-order valence-electron chi connectivity index (χ3n) is 3.36. The third kappa shape index (κ3) is 5.18. The number of benzene rings is 1. The molecule has 1 aromatic carbocycles. The number of amides is 2. The lowest BCUT2D eigenvalue weighted by molar-refractivity contribution is -0.384. The van der Waals surface area contributed by atoms with Gasteiger partial charge in [-0.15, -0.1) is 11.8 Å². The summed E-state index contributed by atoms with van der Waals surface area (Å²) in [6.45, 7) is 1.90. The molecule has 1 fully saturated rings. The average Bonchev–Trinajstić information content (AvgIpc) is 2.57. The minimum Gasteiger partial charge on any atom is -0.464 e. The van der Waals surface area contributed by atoms with E-state index in [0.29, 0.717) is 5.75 Å². The average molecular weight is 367 g/mol. The van der Waals surface area contributed by atoms with Gasteiger partial charge in [0.1, 0.15) is 6.04 Å². The summed E-state index contributed by atoms with van der Waals surface area (Å²) in [5.41, 5.74) is 0.143. The van der Waals surface area contributed by atoms with Crippen molar-refractivity contribution in [3.8, 4) is 0 Å². The topological polar surface area (TPSA) is 128 Å². The number of nitrogens with one attached hydrogen (secondary N) is 2. The second-order valence-corrected chi connectivity index (χ2v) is 6.43. The van der Waals surface area contributed by atoms with Gasteiger partial charge in [0.15, 0.2) is 0 Å². The number of anilines is 1. The van der Waals surface area contributed by atoms with Gasteiger partial charge >= 0.3 is 5.97 Å². The zero-order valence-corrected chi connectivity index (χ0v) is 14.2. The predicted molar refractivity (Wildman–Crippen MR) is 91.2 cm³/mol. The number of nitrogens with zero attached hydrogens (tertiary/aromatic N) is 1. The van der Waals surface area contributed by atoms with Crippen LogP contribution in [0.15, 0.2) is 24.3 Å². The molecule has 2 atom stereocenters. The molecule has 9 nitrogen and oxygen atoms in total. The van der Waals surface area contributed by atoms with Crippen LogP contribution in [0.1, 0.15) is 13.3 Å². The number of hydrogen-bond acceptors (Lipinski definition) is 7. The molecule has 1 heterocycles. The third-order valence-corrected chi connectivity index (χ3v) is 4.66. The zero-order chi connectivity index (χ0) is 18.4. The molecule has 0 aliphatic carbocycles. The van der Waals surface area contributed by atoms with Gasteiger partial charge in [-0.05, 0) is 13.0 Å². The van der Waals surface area contributed by atoms with Crippen molar-refractivity contribution in [1.29, 1.82) is 0 Å². The molecule has 2 rings (SSSR count). The van der Waals surface area contributed by atoms with Gasteiger partial charge in [-0.3, -0.25) is 19.7 Å². The zero-order valence-electron chi connectivity index (χ0n) is 13.4. The fourth-order valence-corrected chi connectivity index (χ4v) is 3.33. The van der Waals surface area contributed by atoms with Gasteiger partial charge < -0.3 is 15.4 Å². The number of hydrogen-bond donors (Lipinski definition) is 2. The number of nitro groups is 1. The molecule has 1 aliphatic rings. The number of esters is 1. The molecule has 1 saturated heterocycles. The quantitative estimate of drug-likeness (QED) is 0.437. The summed E-state index contributed by atoms with van der Waals surface area (Å²) in [5.74, 6) is -1.03. The van der Waals surface area contributed by atoms with Crippen LogP contribution in [-0.2, 0) is 19.1 Å². The molecule has 0 aromatic heterocycles. The SMILES string of the molecule is CCOC(=O)[C@@H]1CS[C@@H](CC(=O)Nc2cccc([N+](=O)[O-])c2)C(=O)N1. The lowest BCUT2D eigenvalue weighted by Gasteiger charge is -2.27. The molecule has 0 bridgehead atoms. The van der Waals surface area contributed by atoms with E-state index in [1.54, 1.807) is 6.92 Å². The molecular weight excluding hydrogens is 350 g/mol. The van der Waals surface area contributed by atoms with Crippen LogP contribution in [0.3, 0.4) is 0 Å². The van der Waals surface area contributed by atoms with Crippen LogP contribution in [0.2, 0.25) is 0 Å². The van der Waals surface area contributed by atoms with Gasteiger partial charge in [-0.25, -0.2) is 4.79 Å². The van der Waals surface area contributed by atoms with E-state index >= 15 is 0 Å². The largest absolute Gasteiger partial charge is 0.464 e. The van der Waals surface area contributed by atoms with Crippen molar-refractivity contribution < 1.29 is 24.0 Å². The number of nitro benzene ring substituents is 1. The Labute approximate surface area is 147 Å². The van der Waals surface area contributed by atoms with Crippen molar-refractivity contribution >= 4 is 40.9 Å². The first-order valence-corrected chi connectivity index (χ1v) is 8.58. The molecule has 2 N–H and O–H groups in total. The Morgan fingerprint density at radius 2 is 2.24 bits per heavy atom. The maximum absolute atomic E-state index is 12.1. The second-order valence-electron chi connectivity index (χ2n) is 5.19. The normalized spacial score (nSPS) is 19.6. The van der Waals surface area contributed by atoms with E-state index in [9.17, 15) is 24.5 Å². The molecule has 25 heavy (non-hydrogen) atoms. The predicted octanol–water partition coefficient (Wildman–Crippen LogP) is 1.09. The fourth-order valence-electron chi connectivity index (χ4n) is 2.19. The van der Waals surface area contributed by atoms with E-state index in [1.165, 1.54) is 36.0 Å². The molecule has 2 amide bonds. The van der Waals surface area contributed by atoms with Gasteiger partial charge in [-0.1, -0.05) is 6.07 Å². The highest BCUT2D eigenvalue weighted by Crippen LogP contribution is 2.23. The number of thioether (sulfide) groups is 1. The number of non-ortho nitro benzene ring substituents is 1. The molecule has 0 unspecified atom stereocenters. The summed E-state index contributed by atoms with van der Waals surface area (Å²) in [5, 5.41) is 15.2. The van der Waals surface area contributed by atoms with E-state index in [2.05, 4.69) is 10.6 Å². The molecule has 0 radical (unpaired) electrons. The molecule has 10 heteroatoms. The Kier molecular flexibility index (Phi) is 6.34. The minimum atomic E-state index is -0.714. The van der Waals surface area contributed by atoms with E-state index in [-0.39, 0.29) is 24.4 Å². The van der Waals surface area contributed by atoms with Crippen molar-refractivity contribution in [2.75, 3.05) is 17.7 Å². The summed E-state index contributed by atoms with van der Waals surface area (Å²) >= 11 is 1.20. The van der Waals surface area contributed by atoms with E-state index in [4.69, 9.17) is 4.74 Å². The van der Waals surface area contributed by atoms with Crippen LogP contribution in [0.5, 0.6) is 0 Å². The fraction of sp³-hybridized carbons (Fsp3) is 0.400. The lowest BCUT2D eigenvalue weighted by Crippen LogP contribution is -2.51. The number of rotatable bonds is 6. The van der Waals surface area contributed by atoms with Crippen molar-refractivity contribution in [2.45, 2.75) is 24.6 Å². The van der Waals surface area contributed by atoms with Crippen LogP contribution in [-0.4, -0.2) is 46.4 Å². The Morgan fingerprint density at radius 1 is 1.48 bits per heavy atom. The van der Waals surface area contributed by atoms with E-state index in [1.807, 2.05) is 0 Å². The second kappa shape index (κ2) is 8.47. The van der Waals surface area contributed by atoms with Crippen LogP contribution in [0, 0.1) is 10.1 Å². The Balaban J connectivity index is 1.89. The molecule has 1 aliphatic heterocycles. The maximum atomic E-state index is 12.1. The summed E-state index contributed by atoms with van der Waals surface area (Å²) < 4.78 is 4.85. The summed E-state index contributed by atoms with van der Waals surface area (Å²) in [6.07, 6.45) is -0.102. The van der Waals surface area contributed by atoms with Crippen LogP contribution >= 0.6 is 11.8 Å². The van der Waals surface area contributed by atoms with Crippen molar-refractivity contribution in [2.24, 2.45) is 0 Å². The van der Waals surface area contributed by atoms with Crippen LogP contribution < -0.4 is 10.6 Å². The molecule has 0 saturated carbocycles. The summed E-state index contributed by atoms with van der Waals surface area (Å²) in [6, 6.07) is 4.82. The van der Waals surface area contributed by atoms with Gasteiger partial charge in [0.25, 0.3) is 5.69 Å². The number of ether oxygens (including phenoxy) is 1. The van der Waals surface area contributed by atoms with Gasteiger partial charge in [-0.2, -0.15) is 0 Å². The lowest BCUT2D eigenvalue weighted by atomic mass is 10.2. The van der Waals surface area contributed by atoms with E-state index < -0.39 is 34.0 Å². The highest BCUT2D eigenvalue weighted by atomic mass is 32.2. The van der Waals surface area contributed by atoms with Gasteiger partial charge in [0, 0.05) is 30.0 Å². The first-order chi connectivity index (χ1) is 11.9. The van der Waals surface area contributed by atoms with E-state index in [0.717, 1.165) is 0 Å². The van der Waals surface area contributed by atoms with Gasteiger partial charge in [0.05, 0.1) is 16.8 Å². The van der Waals surface area contributed by atoms with Crippen LogP contribution in [0.25, 0.3) is 0 Å². The van der Waals surface area contributed by atoms with Gasteiger partial charge in [0.2, 0.25) is 11.8 Å². The smallest absolute Gasteiger partial charge is 0.329 e. The highest BCUT2D eigenvalue weighted by molar-refractivity contribution is 8.00. The maximum Gasteiger partial charge on any atom is 0.329 e. The van der Waals surface area contributed by atoms with Crippen molar-refractivity contribution in [3.05, 3.63) is 34.4 Å². The first-order valence-electron chi connectivity index (χ1n) is 7.53. The Hall–Kier alpha value is -2.62. The Morgan fingerprint density at radius 3 is 2.88 bits per heavy atom. The van der Waals surface area contributed by atoms with Crippen molar-refractivity contribution in [1.82, 2.24) is 5.32 Å². The molecular formula is C15H17N3O6S. The standard InChI is InChI=1S/C15H17N3O6S/c1-2-24-15(21)11-8-25-12(14(20)17-11)7-13(19)16-9-4-3-5-10(6-9)18(22)23/h3-6,11-12H,2,7-8H2,1H3,(H,16,19)(H,17,20)/t11-,12-/m0/s1. The van der Waals surface area contributed by atoms with Crippen molar-refractivity contribution in [3.63, 3.8) is 0 Å². The monoisotopic (exact) mass is 367 g/mol. The Bertz CT molecular complexity index is 696. The highest BCUT2D eigenvalue weighted by Gasteiger charge is 2.34. The molecule has 0 spiro atoms. The first kappa shape index (κ1) is 18.7. The molecule has 134 valence electrons. The number of carbonyl (C=O) groups is 3. The molecule has 1 aromatic rings. The number of carbonyl (C=O) groups excluding carboxylic acids is 3. The summed E-state index contributed by atoms with van der Waals surface area (Å²) in [4.78, 5) is 45.9. The summed E-state index contributed by atoms with van der Waals surface area (Å²) in [7, 11) is 0. The minimum absolute atomic E-state index is 0.102. The van der Waals surface area contributed by atoms with Crippen LogP contribution in [0.4, 0.5) is 11.4 Å².